The molecule has 5 heteroatoms. The number of hydrogen-bond donors (Lipinski definition) is 2. The fourth-order valence-corrected chi connectivity index (χ4v) is 3.39. The summed E-state index contributed by atoms with van der Waals surface area (Å²) in [6.45, 7) is 8.93. The van der Waals surface area contributed by atoms with Crippen LogP contribution in [0.1, 0.15) is 66.6 Å². The molecule has 28 heavy (non-hydrogen) atoms. The molecule has 2 aromatic rings. The van der Waals surface area contributed by atoms with Crippen molar-refractivity contribution in [3.63, 3.8) is 0 Å². The summed E-state index contributed by atoms with van der Waals surface area (Å²) in [5.41, 5.74) is 3.26. The molecular weight excluding hydrogens is 350 g/mol. The average Bonchev–Trinajstić information content (AvgIpc) is 2.94. The van der Waals surface area contributed by atoms with Crippen LogP contribution in [-0.2, 0) is 0 Å². The molecule has 2 N–H and O–H groups in total. The summed E-state index contributed by atoms with van der Waals surface area (Å²) >= 11 is 0. The molecule has 1 heterocycles. The van der Waals surface area contributed by atoms with Crippen LogP contribution in [0.25, 0.3) is 0 Å². The second kappa shape index (κ2) is 8.46. The molecular formula is C23H29N3O2. The number of fused-ring (bicyclic) bond motifs is 1. The molecule has 5 nitrogen and oxygen atoms in total. The number of carbonyl (C=O) groups is 2. The van der Waals surface area contributed by atoms with Gasteiger partial charge in [-0.25, -0.2) is 0 Å². The summed E-state index contributed by atoms with van der Waals surface area (Å²) < 4.78 is 0. The lowest BCUT2D eigenvalue weighted by molar-refractivity contribution is 0.0720. The lowest BCUT2D eigenvalue weighted by Crippen LogP contribution is -2.35. The minimum Gasteiger partial charge on any atom is -0.361 e. The maximum absolute atomic E-state index is 12.8. The first-order chi connectivity index (χ1) is 13.4. The highest BCUT2D eigenvalue weighted by molar-refractivity contribution is 5.99. The molecule has 1 aliphatic rings. The number of rotatable bonds is 7. The Bertz CT molecular complexity index is 845. The van der Waals surface area contributed by atoms with E-state index in [0.29, 0.717) is 18.0 Å². The molecule has 2 atom stereocenters. The normalized spacial score (nSPS) is 16.8. The first kappa shape index (κ1) is 19.9. The van der Waals surface area contributed by atoms with Gasteiger partial charge in [-0.1, -0.05) is 39.0 Å². The van der Waals surface area contributed by atoms with E-state index in [0.717, 1.165) is 23.2 Å². The molecule has 0 unspecified atom stereocenters. The Morgan fingerprint density at radius 3 is 2.39 bits per heavy atom. The lowest BCUT2D eigenvalue weighted by atomic mass is 10.1. The molecule has 2 amide bonds. The van der Waals surface area contributed by atoms with E-state index in [-0.39, 0.29) is 24.0 Å². The fourth-order valence-electron chi connectivity index (χ4n) is 3.39. The predicted molar refractivity (Wildman–Crippen MR) is 112 cm³/mol. The van der Waals surface area contributed by atoms with Crippen molar-refractivity contribution in [2.24, 2.45) is 5.92 Å². The monoisotopic (exact) mass is 379 g/mol. The van der Waals surface area contributed by atoms with Crippen LogP contribution >= 0.6 is 0 Å². The Hall–Kier alpha value is -2.82. The van der Waals surface area contributed by atoms with E-state index >= 15 is 0 Å². The summed E-state index contributed by atoms with van der Waals surface area (Å²) in [6.07, 6.45) is 0.692. The molecule has 3 rings (SSSR count). The van der Waals surface area contributed by atoms with E-state index < -0.39 is 0 Å². The molecule has 0 saturated heterocycles. The third kappa shape index (κ3) is 4.19. The summed E-state index contributed by atoms with van der Waals surface area (Å²) in [4.78, 5) is 27.0. The van der Waals surface area contributed by atoms with E-state index in [4.69, 9.17) is 0 Å². The maximum atomic E-state index is 12.8. The van der Waals surface area contributed by atoms with Gasteiger partial charge >= 0.3 is 0 Å². The van der Waals surface area contributed by atoms with E-state index in [1.54, 1.807) is 0 Å². The standard InChI is InChI=1S/C23H29N3O2/c1-5-16(4)24-22(27)17-10-12-18(13-11-17)25-21-19-8-6-7-9-20(19)23(28)26(21)14-15(2)3/h6-13,15-16,21,25H,5,14H2,1-4H3,(H,24,27)/t16-,21-/m0/s1. The van der Waals surface area contributed by atoms with E-state index in [9.17, 15) is 9.59 Å². The van der Waals surface area contributed by atoms with Gasteiger partial charge in [0.05, 0.1) is 0 Å². The maximum Gasteiger partial charge on any atom is 0.256 e. The largest absolute Gasteiger partial charge is 0.361 e. The van der Waals surface area contributed by atoms with Crippen LogP contribution in [0.4, 0.5) is 5.69 Å². The second-order valence-electron chi connectivity index (χ2n) is 7.85. The quantitative estimate of drug-likeness (QED) is 0.748. The summed E-state index contributed by atoms with van der Waals surface area (Å²) in [5.74, 6) is 0.365. The SMILES string of the molecule is CC[C@H](C)NC(=O)c1ccc(N[C@@H]2c3ccccc3C(=O)N2CC(C)C)cc1. The topological polar surface area (TPSA) is 61.4 Å². The minimum absolute atomic E-state index is 0.0614. The summed E-state index contributed by atoms with van der Waals surface area (Å²) in [7, 11) is 0. The van der Waals surface area contributed by atoms with Crippen molar-refractivity contribution in [1.82, 2.24) is 10.2 Å². The van der Waals surface area contributed by atoms with Crippen LogP contribution in [0.2, 0.25) is 0 Å². The zero-order valence-corrected chi connectivity index (χ0v) is 17.0. The van der Waals surface area contributed by atoms with E-state index in [1.165, 1.54) is 0 Å². The Kier molecular flexibility index (Phi) is 6.02. The van der Waals surface area contributed by atoms with Crippen LogP contribution in [-0.4, -0.2) is 29.3 Å². The van der Waals surface area contributed by atoms with Gasteiger partial charge < -0.3 is 15.5 Å². The van der Waals surface area contributed by atoms with Crippen molar-refractivity contribution in [2.75, 3.05) is 11.9 Å². The van der Waals surface area contributed by atoms with E-state index in [2.05, 4.69) is 24.5 Å². The Balaban J connectivity index is 1.79. The zero-order chi connectivity index (χ0) is 20.3. The van der Waals surface area contributed by atoms with Crippen molar-refractivity contribution >= 4 is 17.5 Å². The van der Waals surface area contributed by atoms with Crippen LogP contribution in [0.15, 0.2) is 48.5 Å². The van der Waals surface area contributed by atoms with Gasteiger partial charge in [0, 0.05) is 35.0 Å². The first-order valence-electron chi connectivity index (χ1n) is 9.98. The molecule has 0 radical (unpaired) electrons. The molecule has 0 bridgehead atoms. The molecule has 0 aliphatic carbocycles. The molecule has 0 saturated carbocycles. The number of hydrogen-bond acceptors (Lipinski definition) is 3. The van der Waals surface area contributed by atoms with Crippen molar-refractivity contribution in [3.05, 3.63) is 65.2 Å². The highest BCUT2D eigenvalue weighted by atomic mass is 16.2. The highest BCUT2D eigenvalue weighted by Gasteiger charge is 2.36. The Morgan fingerprint density at radius 1 is 1.07 bits per heavy atom. The van der Waals surface area contributed by atoms with Crippen molar-refractivity contribution in [3.8, 4) is 0 Å². The van der Waals surface area contributed by atoms with Gasteiger partial charge in [0.25, 0.3) is 11.8 Å². The number of nitrogens with one attached hydrogen (secondary N) is 2. The number of carbonyl (C=O) groups excluding carboxylic acids is 2. The van der Waals surface area contributed by atoms with Crippen molar-refractivity contribution in [2.45, 2.75) is 46.3 Å². The minimum atomic E-state index is -0.203. The predicted octanol–water partition coefficient (Wildman–Crippen LogP) is 4.44. The summed E-state index contributed by atoms with van der Waals surface area (Å²) in [6, 6.07) is 15.3. The van der Waals surface area contributed by atoms with Crippen molar-refractivity contribution < 1.29 is 9.59 Å². The molecule has 148 valence electrons. The summed E-state index contributed by atoms with van der Waals surface area (Å²) in [5, 5.41) is 6.45. The molecule has 0 fully saturated rings. The van der Waals surface area contributed by atoms with Gasteiger partial charge in [-0.05, 0) is 49.6 Å². The fraction of sp³-hybridized carbons (Fsp3) is 0.391. The number of nitrogens with zero attached hydrogens (tertiary/aromatic N) is 1. The van der Waals surface area contributed by atoms with Crippen LogP contribution < -0.4 is 10.6 Å². The molecule has 2 aromatic carbocycles. The van der Waals surface area contributed by atoms with E-state index in [1.807, 2.05) is 67.3 Å². The lowest BCUT2D eigenvalue weighted by Gasteiger charge is -2.28. The number of benzene rings is 2. The Labute approximate surface area is 167 Å². The smallest absolute Gasteiger partial charge is 0.256 e. The molecule has 0 spiro atoms. The third-order valence-corrected chi connectivity index (χ3v) is 5.06. The van der Waals surface area contributed by atoms with Gasteiger partial charge in [-0.3, -0.25) is 9.59 Å². The van der Waals surface area contributed by atoms with Gasteiger partial charge in [-0.15, -0.1) is 0 Å². The third-order valence-electron chi connectivity index (χ3n) is 5.06. The zero-order valence-electron chi connectivity index (χ0n) is 17.0. The van der Waals surface area contributed by atoms with Gasteiger partial charge in [-0.2, -0.15) is 0 Å². The Morgan fingerprint density at radius 2 is 1.75 bits per heavy atom. The first-order valence-corrected chi connectivity index (χ1v) is 9.98. The molecule has 1 aliphatic heterocycles. The molecule has 0 aromatic heterocycles. The second-order valence-corrected chi connectivity index (χ2v) is 7.85. The van der Waals surface area contributed by atoms with Crippen LogP contribution in [0, 0.1) is 5.92 Å². The van der Waals surface area contributed by atoms with Crippen LogP contribution in [0.5, 0.6) is 0 Å². The average molecular weight is 380 g/mol. The van der Waals surface area contributed by atoms with Crippen molar-refractivity contribution in [1.29, 1.82) is 0 Å². The van der Waals surface area contributed by atoms with Gasteiger partial charge in [0.2, 0.25) is 0 Å². The van der Waals surface area contributed by atoms with Gasteiger partial charge in [0.15, 0.2) is 0 Å². The number of anilines is 1. The van der Waals surface area contributed by atoms with Crippen LogP contribution in [0.3, 0.4) is 0 Å². The number of amides is 2. The highest BCUT2D eigenvalue weighted by Crippen LogP contribution is 2.34. The van der Waals surface area contributed by atoms with Gasteiger partial charge in [0.1, 0.15) is 6.17 Å².